The minimum atomic E-state index is -0.889. The number of hydrogen-bond acceptors (Lipinski definition) is 8. The first kappa shape index (κ1) is 23.0. The average molecular weight is 486 g/mol. The number of anilines is 1. The summed E-state index contributed by atoms with van der Waals surface area (Å²) in [5.41, 5.74) is -0.497. The van der Waals surface area contributed by atoms with E-state index < -0.39 is 28.2 Å². The van der Waals surface area contributed by atoms with Crippen molar-refractivity contribution in [1.29, 1.82) is 0 Å². The molecule has 12 heteroatoms. The predicted octanol–water partition coefficient (Wildman–Crippen LogP) is 4.74. The van der Waals surface area contributed by atoms with Crippen molar-refractivity contribution in [1.82, 2.24) is 9.97 Å². The van der Waals surface area contributed by atoms with Crippen molar-refractivity contribution in [2.24, 2.45) is 0 Å². The van der Waals surface area contributed by atoms with Crippen molar-refractivity contribution in [3.8, 4) is 11.5 Å². The van der Waals surface area contributed by atoms with Crippen molar-refractivity contribution in [3.63, 3.8) is 0 Å². The maximum absolute atomic E-state index is 14.3. The van der Waals surface area contributed by atoms with Crippen LogP contribution in [0.2, 0.25) is 0 Å². The van der Waals surface area contributed by atoms with E-state index in [-0.39, 0.29) is 39.0 Å². The zero-order chi connectivity index (χ0) is 24.4. The van der Waals surface area contributed by atoms with Gasteiger partial charge < -0.3 is 9.47 Å². The third kappa shape index (κ3) is 4.35. The van der Waals surface area contributed by atoms with Crippen LogP contribution in [0.25, 0.3) is 10.2 Å². The Labute approximate surface area is 195 Å². The third-order valence-electron chi connectivity index (χ3n) is 4.85. The van der Waals surface area contributed by atoms with E-state index >= 15 is 0 Å². The number of pyridine rings is 1. The molecule has 0 fully saturated rings. The average Bonchev–Trinajstić information content (AvgIpc) is 3.25. The zero-order valence-corrected chi connectivity index (χ0v) is 18.6. The number of thiazole rings is 1. The number of carbonyl (C=O) groups is 1. The number of nitrogens with zero attached hydrogens (tertiary/aromatic N) is 4. The molecule has 0 radical (unpaired) electrons. The minimum Gasteiger partial charge on any atom is -0.493 e. The summed E-state index contributed by atoms with van der Waals surface area (Å²) in [7, 11) is 2.64. The molecule has 0 saturated heterocycles. The van der Waals surface area contributed by atoms with Crippen LogP contribution in [0.1, 0.15) is 16.1 Å². The molecular weight excluding hydrogens is 470 g/mol. The number of ether oxygens (including phenoxy) is 2. The Morgan fingerprint density at radius 1 is 1.15 bits per heavy atom. The lowest BCUT2D eigenvalue weighted by molar-refractivity contribution is -0.385. The number of carbonyl (C=O) groups excluding carboxylic acids is 1. The molecule has 0 atom stereocenters. The first-order valence-electron chi connectivity index (χ1n) is 9.70. The second-order valence-corrected chi connectivity index (χ2v) is 7.93. The lowest BCUT2D eigenvalue weighted by atomic mass is 10.1. The van der Waals surface area contributed by atoms with Crippen molar-refractivity contribution >= 4 is 38.3 Å². The van der Waals surface area contributed by atoms with Crippen LogP contribution < -0.4 is 14.4 Å². The van der Waals surface area contributed by atoms with Crippen LogP contribution in [0.4, 0.5) is 19.6 Å². The number of methoxy groups -OCH3 is 2. The van der Waals surface area contributed by atoms with Gasteiger partial charge in [0.2, 0.25) is 0 Å². The highest BCUT2D eigenvalue weighted by atomic mass is 32.1. The van der Waals surface area contributed by atoms with Crippen LogP contribution in [0.15, 0.2) is 48.7 Å². The Balaban J connectivity index is 1.88. The second-order valence-electron chi connectivity index (χ2n) is 6.92. The molecule has 0 aliphatic rings. The Kier molecular flexibility index (Phi) is 6.32. The summed E-state index contributed by atoms with van der Waals surface area (Å²) in [6.07, 6.45) is 1.52. The molecule has 4 aromatic rings. The first-order chi connectivity index (χ1) is 16.3. The lowest BCUT2D eigenvalue weighted by Crippen LogP contribution is -2.31. The smallest absolute Gasteiger partial charge is 0.286 e. The molecule has 0 saturated carbocycles. The van der Waals surface area contributed by atoms with Gasteiger partial charge in [0.15, 0.2) is 22.4 Å². The highest BCUT2D eigenvalue weighted by molar-refractivity contribution is 7.22. The highest BCUT2D eigenvalue weighted by Gasteiger charge is 2.31. The number of fused-ring (bicyclic) bond motifs is 1. The summed E-state index contributed by atoms with van der Waals surface area (Å²) in [5.74, 6) is -2.32. The highest BCUT2D eigenvalue weighted by Crippen LogP contribution is 2.37. The summed E-state index contributed by atoms with van der Waals surface area (Å²) in [5, 5.41) is 11.8. The monoisotopic (exact) mass is 486 g/mol. The van der Waals surface area contributed by atoms with E-state index in [2.05, 4.69) is 9.97 Å². The fourth-order valence-electron chi connectivity index (χ4n) is 3.28. The van der Waals surface area contributed by atoms with Gasteiger partial charge in [-0.2, -0.15) is 0 Å². The summed E-state index contributed by atoms with van der Waals surface area (Å²) in [6.45, 7) is -0.130. The van der Waals surface area contributed by atoms with E-state index in [1.165, 1.54) is 26.5 Å². The van der Waals surface area contributed by atoms with E-state index in [0.29, 0.717) is 11.8 Å². The van der Waals surface area contributed by atoms with Gasteiger partial charge in [-0.1, -0.05) is 17.4 Å². The van der Waals surface area contributed by atoms with Gasteiger partial charge in [-0.3, -0.25) is 24.8 Å². The minimum absolute atomic E-state index is 0.0132. The maximum Gasteiger partial charge on any atom is 0.286 e. The maximum atomic E-state index is 14.3. The molecule has 2 aromatic carbocycles. The van der Waals surface area contributed by atoms with Crippen molar-refractivity contribution in [3.05, 3.63) is 81.7 Å². The Morgan fingerprint density at radius 2 is 1.88 bits per heavy atom. The van der Waals surface area contributed by atoms with Crippen LogP contribution in [-0.2, 0) is 6.54 Å². The summed E-state index contributed by atoms with van der Waals surface area (Å²) < 4.78 is 38.5. The predicted molar refractivity (Wildman–Crippen MR) is 120 cm³/mol. The fraction of sp³-hybridized carbons (Fsp3) is 0.136. The van der Waals surface area contributed by atoms with Crippen molar-refractivity contribution in [2.45, 2.75) is 6.54 Å². The van der Waals surface area contributed by atoms with Crippen LogP contribution in [0.5, 0.6) is 11.5 Å². The molecule has 4 rings (SSSR count). The van der Waals surface area contributed by atoms with Crippen LogP contribution in [0, 0.1) is 21.7 Å². The van der Waals surface area contributed by atoms with Crippen LogP contribution in [0.3, 0.4) is 0 Å². The number of nitro groups is 1. The molecule has 174 valence electrons. The molecule has 0 unspecified atom stereocenters. The number of nitro benzene ring substituents is 1. The van der Waals surface area contributed by atoms with Gasteiger partial charge in [0, 0.05) is 18.3 Å². The standard InChI is InChI=1S/C22H16F2N4O5S/c1-32-17-9-14(16(28(30)31)10-18(17)33-2)21(29)27(11-13-5-3-4-6-25-13)22-26-20-15(24)7-12(23)8-19(20)34-22/h3-10H,11H2,1-2H3. The molecule has 34 heavy (non-hydrogen) atoms. The molecule has 0 aliphatic carbocycles. The molecular formula is C22H16F2N4O5S. The fourth-order valence-corrected chi connectivity index (χ4v) is 4.28. The quantitative estimate of drug-likeness (QED) is 0.274. The number of rotatable bonds is 7. The van der Waals surface area contributed by atoms with E-state index in [1.54, 1.807) is 18.2 Å². The van der Waals surface area contributed by atoms with Gasteiger partial charge >= 0.3 is 0 Å². The van der Waals surface area contributed by atoms with Crippen molar-refractivity contribution < 1.29 is 28.0 Å². The number of amides is 1. The largest absolute Gasteiger partial charge is 0.493 e. The molecule has 9 nitrogen and oxygen atoms in total. The number of benzene rings is 2. The van der Waals surface area contributed by atoms with Crippen molar-refractivity contribution in [2.75, 3.05) is 19.1 Å². The molecule has 0 N–H and O–H groups in total. The second kappa shape index (κ2) is 9.35. The Hall–Kier alpha value is -4.19. The van der Waals surface area contributed by atoms with Gasteiger partial charge in [-0.15, -0.1) is 0 Å². The van der Waals surface area contributed by atoms with E-state index in [9.17, 15) is 23.7 Å². The van der Waals surface area contributed by atoms with Gasteiger partial charge in [0.1, 0.15) is 16.9 Å². The molecule has 2 heterocycles. The molecule has 1 amide bonds. The normalized spacial score (nSPS) is 10.8. The molecule has 2 aromatic heterocycles. The van der Waals surface area contributed by atoms with Crippen LogP contribution >= 0.6 is 11.3 Å². The molecule has 0 spiro atoms. The number of halogens is 2. The SMILES string of the molecule is COc1cc(C(=O)N(Cc2ccccn2)c2nc3c(F)cc(F)cc3s2)c([N+](=O)[O-])cc1OC. The molecule has 0 bridgehead atoms. The lowest BCUT2D eigenvalue weighted by Gasteiger charge is -2.20. The van der Waals surface area contributed by atoms with E-state index in [0.717, 1.165) is 28.4 Å². The summed E-state index contributed by atoms with van der Waals surface area (Å²) >= 11 is 0.868. The molecule has 0 aliphatic heterocycles. The van der Waals surface area contributed by atoms with E-state index in [4.69, 9.17) is 9.47 Å². The van der Waals surface area contributed by atoms with E-state index in [1.807, 2.05) is 0 Å². The van der Waals surface area contributed by atoms with Crippen LogP contribution in [-0.4, -0.2) is 35.0 Å². The van der Waals surface area contributed by atoms with Gasteiger partial charge in [-0.25, -0.2) is 13.8 Å². The third-order valence-corrected chi connectivity index (χ3v) is 5.88. The Morgan fingerprint density at radius 3 is 2.53 bits per heavy atom. The summed E-state index contributed by atoms with van der Waals surface area (Å²) in [6, 6.07) is 9.10. The zero-order valence-electron chi connectivity index (χ0n) is 17.8. The van der Waals surface area contributed by atoms with Gasteiger partial charge in [0.25, 0.3) is 11.6 Å². The number of aromatic nitrogens is 2. The summed E-state index contributed by atoms with van der Waals surface area (Å²) in [4.78, 5) is 34.2. The van der Waals surface area contributed by atoms with Gasteiger partial charge in [0.05, 0.1) is 42.1 Å². The first-order valence-corrected chi connectivity index (χ1v) is 10.5. The number of hydrogen-bond donors (Lipinski definition) is 0. The topological polar surface area (TPSA) is 108 Å². The Bertz CT molecular complexity index is 1400. The van der Waals surface area contributed by atoms with Gasteiger partial charge in [-0.05, 0) is 18.2 Å².